The Labute approximate surface area is 107 Å². The number of nitrogens with one attached hydrogen (secondary N) is 2. The van der Waals surface area contributed by atoms with E-state index in [9.17, 15) is 4.79 Å². The van der Waals surface area contributed by atoms with E-state index in [2.05, 4.69) is 34.9 Å². The summed E-state index contributed by atoms with van der Waals surface area (Å²) in [7, 11) is 0. The summed E-state index contributed by atoms with van der Waals surface area (Å²) in [5, 5.41) is 6.38. The van der Waals surface area contributed by atoms with Crippen molar-refractivity contribution in [2.75, 3.05) is 26.2 Å². The molecular formula is C14H19N3O. The van der Waals surface area contributed by atoms with Crippen LogP contribution < -0.4 is 10.6 Å². The summed E-state index contributed by atoms with van der Waals surface area (Å²) in [5.74, 6) is 0. The Kier molecular flexibility index (Phi) is 3.19. The van der Waals surface area contributed by atoms with Gasteiger partial charge in [0, 0.05) is 32.2 Å². The third kappa shape index (κ3) is 2.34. The van der Waals surface area contributed by atoms with Gasteiger partial charge in [-0.1, -0.05) is 24.3 Å². The van der Waals surface area contributed by atoms with Gasteiger partial charge in [0.1, 0.15) is 0 Å². The molecule has 1 aromatic rings. The highest BCUT2D eigenvalue weighted by Gasteiger charge is 2.22. The molecule has 0 unspecified atom stereocenters. The number of urea groups is 1. The zero-order valence-electron chi connectivity index (χ0n) is 10.5. The van der Waals surface area contributed by atoms with Gasteiger partial charge in [-0.2, -0.15) is 0 Å². The lowest BCUT2D eigenvalue weighted by atomic mass is 10.1. The van der Waals surface area contributed by atoms with E-state index in [0.717, 1.165) is 39.0 Å². The van der Waals surface area contributed by atoms with Gasteiger partial charge in [0.25, 0.3) is 0 Å². The van der Waals surface area contributed by atoms with Crippen molar-refractivity contribution in [3.63, 3.8) is 0 Å². The number of carbonyl (C=O) groups is 1. The van der Waals surface area contributed by atoms with Gasteiger partial charge in [-0.15, -0.1) is 0 Å². The van der Waals surface area contributed by atoms with Crippen molar-refractivity contribution in [1.29, 1.82) is 0 Å². The Morgan fingerprint density at radius 2 is 2.00 bits per heavy atom. The van der Waals surface area contributed by atoms with E-state index in [1.165, 1.54) is 11.1 Å². The number of fused-ring (bicyclic) bond motifs is 1. The van der Waals surface area contributed by atoms with Crippen LogP contribution in [0, 0.1) is 0 Å². The molecule has 0 saturated carbocycles. The van der Waals surface area contributed by atoms with Crippen LogP contribution in [0.25, 0.3) is 0 Å². The molecule has 0 radical (unpaired) electrons. The molecule has 18 heavy (non-hydrogen) atoms. The summed E-state index contributed by atoms with van der Waals surface area (Å²) in [6.07, 6.45) is 2.23. The van der Waals surface area contributed by atoms with Crippen LogP contribution in [0.5, 0.6) is 0 Å². The summed E-state index contributed by atoms with van der Waals surface area (Å²) < 4.78 is 0. The normalized spacial score (nSPS) is 19.1. The molecule has 2 aliphatic rings. The van der Waals surface area contributed by atoms with Gasteiger partial charge in [-0.05, 0) is 24.0 Å². The first-order chi connectivity index (χ1) is 8.83. The van der Waals surface area contributed by atoms with Gasteiger partial charge in [-0.3, -0.25) is 0 Å². The van der Waals surface area contributed by atoms with Crippen LogP contribution in [0.4, 0.5) is 4.79 Å². The fourth-order valence-electron chi connectivity index (χ4n) is 2.83. The Morgan fingerprint density at radius 3 is 2.61 bits per heavy atom. The van der Waals surface area contributed by atoms with Gasteiger partial charge in [-0.25, -0.2) is 4.79 Å². The molecule has 1 aromatic carbocycles. The second kappa shape index (κ2) is 4.98. The highest BCUT2D eigenvalue weighted by atomic mass is 16.2. The third-order valence-electron chi connectivity index (χ3n) is 3.81. The molecule has 2 amide bonds. The Bertz CT molecular complexity index is 421. The molecule has 96 valence electrons. The highest BCUT2D eigenvalue weighted by molar-refractivity contribution is 5.76. The smallest absolute Gasteiger partial charge is 0.317 e. The average Bonchev–Trinajstić information content (AvgIpc) is 2.96. The van der Waals surface area contributed by atoms with Crippen molar-refractivity contribution in [2.45, 2.75) is 18.9 Å². The van der Waals surface area contributed by atoms with Crippen LogP contribution in [-0.2, 0) is 12.8 Å². The molecule has 2 N–H and O–H groups in total. The van der Waals surface area contributed by atoms with Gasteiger partial charge in [0.2, 0.25) is 0 Å². The second-order valence-corrected chi connectivity index (χ2v) is 5.05. The molecule has 1 saturated heterocycles. The highest BCUT2D eigenvalue weighted by Crippen LogP contribution is 2.21. The Balaban J connectivity index is 1.44. The van der Waals surface area contributed by atoms with Crippen LogP contribution >= 0.6 is 0 Å². The molecule has 1 heterocycles. The molecule has 1 aliphatic carbocycles. The molecular weight excluding hydrogens is 226 g/mol. The van der Waals surface area contributed by atoms with Crippen LogP contribution in [0.2, 0.25) is 0 Å². The largest absolute Gasteiger partial charge is 0.336 e. The van der Waals surface area contributed by atoms with Gasteiger partial charge in [0.15, 0.2) is 0 Å². The first kappa shape index (κ1) is 11.5. The zero-order valence-corrected chi connectivity index (χ0v) is 10.5. The lowest BCUT2D eigenvalue weighted by molar-refractivity contribution is 0.217. The zero-order chi connectivity index (χ0) is 12.4. The van der Waals surface area contributed by atoms with Crippen LogP contribution in [0.15, 0.2) is 24.3 Å². The average molecular weight is 245 g/mol. The van der Waals surface area contributed by atoms with E-state index in [4.69, 9.17) is 0 Å². The molecule has 1 aliphatic heterocycles. The molecule has 4 nitrogen and oxygen atoms in total. The van der Waals surface area contributed by atoms with E-state index in [0.29, 0.717) is 6.04 Å². The van der Waals surface area contributed by atoms with Crippen molar-refractivity contribution in [3.05, 3.63) is 35.4 Å². The molecule has 0 atom stereocenters. The van der Waals surface area contributed by atoms with Crippen molar-refractivity contribution in [1.82, 2.24) is 15.5 Å². The lowest BCUT2D eigenvalue weighted by Crippen LogP contribution is -2.38. The van der Waals surface area contributed by atoms with E-state index < -0.39 is 0 Å². The number of nitrogens with zero attached hydrogens (tertiary/aromatic N) is 1. The maximum Gasteiger partial charge on any atom is 0.317 e. The van der Waals surface area contributed by atoms with E-state index in [1.807, 2.05) is 4.90 Å². The maximum atomic E-state index is 11.4. The Hall–Kier alpha value is -1.55. The number of rotatable bonds is 4. The lowest BCUT2D eigenvalue weighted by Gasteiger charge is -2.17. The molecule has 4 heteroatoms. The number of amides is 2. The summed E-state index contributed by atoms with van der Waals surface area (Å²) in [6, 6.07) is 9.25. The summed E-state index contributed by atoms with van der Waals surface area (Å²) in [5.41, 5.74) is 2.93. The van der Waals surface area contributed by atoms with Gasteiger partial charge < -0.3 is 15.5 Å². The molecule has 0 aromatic heterocycles. The minimum atomic E-state index is 0.0755. The SMILES string of the molecule is O=C1NCCN1CCNC1Cc2ccccc2C1. The monoisotopic (exact) mass is 245 g/mol. The first-order valence-corrected chi connectivity index (χ1v) is 6.66. The first-order valence-electron chi connectivity index (χ1n) is 6.66. The van der Waals surface area contributed by atoms with Crippen molar-refractivity contribution >= 4 is 6.03 Å². The molecule has 0 bridgehead atoms. The van der Waals surface area contributed by atoms with Crippen LogP contribution in [0.1, 0.15) is 11.1 Å². The Morgan fingerprint density at radius 1 is 1.28 bits per heavy atom. The quantitative estimate of drug-likeness (QED) is 0.823. The molecule has 3 rings (SSSR count). The number of benzene rings is 1. The third-order valence-corrected chi connectivity index (χ3v) is 3.81. The van der Waals surface area contributed by atoms with E-state index in [1.54, 1.807) is 0 Å². The molecule has 1 fully saturated rings. The van der Waals surface area contributed by atoms with Gasteiger partial charge >= 0.3 is 6.03 Å². The standard InChI is InChI=1S/C14H19N3O/c18-14-16-6-8-17(14)7-5-15-13-9-11-3-1-2-4-12(11)10-13/h1-4,13,15H,5-10H2,(H,16,18). The predicted octanol–water partition coefficient (Wildman–Crippen LogP) is 0.769. The fraction of sp³-hybridized carbons (Fsp3) is 0.500. The van der Waals surface area contributed by atoms with Gasteiger partial charge in [0.05, 0.1) is 0 Å². The van der Waals surface area contributed by atoms with Crippen molar-refractivity contribution in [2.24, 2.45) is 0 Å². The van der Waals surface area contributed by atoms with E-state index in [-0.39, 0.29) is 6.03 Å². The number of carbonyl (C=O) groups excluding carboxylic acids is 1. The van der Waals surface area contributed by atoms with E-state index >= 15 is 0 Å². The minimum Gasteiger partial charge on any atom is -0.336 e. The topological polar surface area (TPSA) is 44.4 Å². The number of hydrogen-bond acceptors (Lipinski definition) is 2. The van der Waals surface area contributed by atoms with Crippen molar-refractivity contribution in [3.8, 4) is 0 Å². The summed E-state index contributed by atoms with van der Waals surface area (Å²) >= 11 is 0. The second-order valence-electron chi connectivity index (χ2n) is 5.05. The van der Waals surface area contributed by atoms with Crippen LogP contribution in [-0.4, -0.2) is 43.2 Å². The van der Waals surface area contributed by atoms with Crippen molar-refractivity contribution < 1.29 is 4.79 Å². The minimum absolute atomic E-state index is 0.0755. The predicted molar refractivity (Wildman–Crippen MR) is 70.6 cm³/mol. The summed E-state index contributed by atoms with van der Waals surface area (Å²) in [6.45, 7) is 3.31. The number of hydrogen-bond donors (Lipinski definition) is 2. The maximum absolute atomic E-state index is 11.4. The molecule has 0 spiro atoms. The summed E-state index contributed by atoms with van der Waals surface area (Å²) in [4.78, 5) is 13.2. The van der Waals surface area contributed by atoms with Crippen LogP contribution in [0.3, 0.4) is 0 Å². The fourth-order valence-corrected chi connectivity index (χ4v) is 2.83.